The number of imidazole rings is 1. The quantitative estimate of drug-likeness (QED) is 0.721. The molecule has 0 aliphatic carbocycles. The predicted octanol–water partition coefficient (Wildman–Crippen LogP) is 3.38. The van der Waals surface area contributed by atoms with Gasteiger partial charge >= 0.3 is 0 Å². The first-order chi connectivity index (χ1) is 10.1. The van der Waals surface area contributed by atoms with Crippen molar-refractivity contribution in [2.75, 3.05) is 0 Å². The fourth-order valence-electron chi connectivity index (χ4n) is 2.56. The van der Waals surface area contributed by atoms with Crippen LogP contribution in [0.2, 0.25) is 0 Å². The largest absolute Gasteiger partial charge is 0.326 e. The van der Waals surface area contributed by atoms with Gasteiger partial charge in [0.05, 0.1) is 16.6 Å². The summed E-state index contributed by atoms with van der Waals surface area (Å²) in [4.78, 5) is 9.19. The van der Waals surface area contributed by atoms with Crippen molar-refractivity contribution in [3.05, 3.63) is 47.2 Å². The summed E-state index contributed by atoms with van der Waals surface area (Å²) in [5.41, 5.74) is 5.74. The Balaban J connectivity index is 2.25. The molecule has 0 fully saturated rings. The molecule has 0 amide bonds. The van der Waals surface area contributed by atoms with E-state index in [1.54, 1.807) is 6.20 Å². The maximum Gasteiger partial charge on any atom is 0.159 e. The van der Waals surface area contributed by atoms with Gasteiger partial charge in [0.15, 0.2) is 5.82 Å². The van der Waals surface area contributed by atoms with E-state index >= 15 is 0 Å². The molecule has 3 aromatic rings. The Hall–Kier alpha value is -2.67. The zero-order valence-electron chi connectivity index (χ0n) is 12.4. The molecule has 0 radical (unpaired) electrons. The van der Waals surface area contributed by atoms with Crippen LogP contribution in [0.15, 0.2) is 30.5 Å². The Morgan fingerprint density at radius 1 is 1.29 bits per heavy atom. The highest BCUT2D eigenvalue weighted by atomic mass is 15.1. The minimum atomic E-state index is 0.588. The number of benzene rings is 1. The molecule has 0 aliphatic rings. The van der Waals surface area contributed by atoms with Crippen molar-refractivity contribution in [1.29, 1.82) is 5.26 Å². The van der Waals surface area contributed by atoms with Gasteiger partial charge in [0.2, 0.25) is 0 Å². The van der Waals surface area contributed by atoms with Crippen molar-refractivity contribution in [3.63, 3.8) is 0 Å². The minimum absolute atomic E-state index is 0.588. The average molecular weight is 276 g/mol. The van der Waals surface area contributed by atoms with Crippen LogP contribution < -0.4 is 0 Å². The Labute approximate surface area is 123 Å². The normalized spacial score (nSPS) is 10.8. The van der Waals surface area contributed by atoms with Gasteiger partial charge in [0, 0.05) is 13.2 Å². The number of nitriles is 1. The van der Waals surface area contributed by atoms with E-state index in [-0.39, 0.29) is 0 Å². The molecule has 4 nitrogen and oxygen atoms in total. The van der Waals surface area contributed by atoms with E-state index in [9.17, 15) is 0 Å². The maximum atomic E-state index is 9.01. The number of pyridine rings is 1. The van der Waals surface area contributed by atoms with Gasteiger partial charge in [-0.15, -0.1) is 0 Å². The molecule has 1 aromatic carbocycles. The molecule has 0 aliphatic heterocycles. The smallest absolute Gasteiger partial charge is 0.159 e. The predicted molar refractivity (Wildman–Crippen MR) is 82.8 cm³/mol. The van der Waals surface area contributed by atoms with Crippen molar-refractivity contribution in [3.8, 4) is 17.6 Å². The van der Waals surface area contributed by atoms with Crippen LogP contribution in [-0.2, 0) is 13.5 Å². The van der Waals surface area contributed by atoms with Crippen molar-refractivity contribution >= 4 is 11.0 Å². The maximum absolute atomic E-state index is 9.01. The van der Waals surface area contributed by atoms with E-state index < -0.39 is 0 Å². The van der Waals surface area contributed by atoms with Gasteiger partial charge in [0.25, 0.3) is 0 Å². The molecule has 0 unspecified atom stereocenters. The van der Waals surface area contributed by atoms with Crippen LogP contribution in [0.25, 0.3) is 22.6 Å². The molecule has 3 rings (SSSR count). The molecule has 2 aromatic heterocycles. The van der Waals surface area contributed by atoms with Gasteiger partial charge in [0.1, 0.15) is 11.8 Å². The van der Waals surface area contributed by atoms with Crippen LogP contribution in [0.3, 0.4) is 0 Å². The number of nitrogens with zero attached hydrogens (tertiary/aromatic N) is 4. The van der Waals surface area contributed by atoms with Crippen molar-refractivity contribution in [2.45, 2.75) is 20.3 Å². The highest BCUT2D eigenvalue weighted by Gasteiger charge is 2.14. The third kappa shape index (κ3) is 2.17. The summed E-state index contributed by atoms with van der Waals surface area (Å²) in [6, 6.07) is 10.3. The minimum Gasteiger partial charge on any atom is -0.326 e. The van der Waals surface area contributed by atoms with Crippen LogP contribution in [0.1, 0.15) is 23.6 Å². The highest BCUT2D eigenvalue weighted by molar-refractivity contribution is 5.81. The Morgan fingerprint density at radius 3 is 2.81 bits per heavy atom. The number of hydrogen-bond donors (Lipinski definition) is 0. The number of rotatable bonds is 2. The molecule has 0 bridgehead atoms. The fraction of sp³-hybridized carbons (Fsp3) is 0.235. The number of aryl methyl sites for hydroxylation is 3. The number of hydrogen-bond acceptors (Lipinski definition) is 3. The molecule has 0 spiro atoms. The fourth-order valence-corrected chi connectivity index (χ4v) is 2.56. The molecular formula is C17H16N4. The second kappa shape index (κ2) is 5.02. The lowest BCUT2D eigenvalue weighted by molar-refractivity contribution is 0.940. The van der Waals surface area contributed by atoms with Crippen LogP contribution in [0.4, 0.5) is 0 Å². The molecule has 0 atom stereocenters. The van der Waals surface area contributed by atoms with Gasteiger partial charge in [-0.1, -0.05) is 13.0 Å². The number of aromatic nitrogens is 3. The zero-order chi connectivity index (χ0) is 15.0. The van der Waals surface area contributed by atoms with Crippen molar-refractivity contribution < 1.29 is 0 Å². The lowest BCUT2D eigenvalue weighted by atomic mass is 10.1. The van der Waals surface area contributed by atoms with E-state index in [0.29, 0.717) is 5.56 Å². The summed E-state index contributed by atoms with van der Waals surface area (Å²) in [5, 5.41) is 9.01. The molecule has 104 valence electrons. The Kier molecular flexibility index (Phi) is 3.19. The highest BCUT2D eigenvalue weighted by Crippen LogP contribution is 2.26. The van der Waals surface area contributed by atoms with E-state index in [4.69, 9.17) is 10.2 Å². The first-order valence-electron chi connectivity index (χ1n) is 6.96. The van der Waals surface area contributed by atoms with Gasteiger partial charge in [-0.05, 0) is 42.7 Å². The van der Waals surface area contributed by atoms with Gasteiger partial charge in [-0.3, -0.25) is 4.98 Å². The summed E-state index contributed by atoms with van der Waals surface area (Å²) >= 11 is 0. The Morgan fingerprint density at radius 2 is 2.10 bits per heavy atom. The summed E-state index contributed by atoms with van der Waals surface area (Å²) in [6.07, 6.45) is 2.43. The topological polar surface area (TPSA) is 54.5 Å². The lowest BCUT2D eigenvalue weighted by Crippen LogP contribution is -1.99. The molecule has 4 heteroatoms. The van der Waals surface area contributed by atoms with Crippen molar-refractivity contribution in [2.24, 2.45) is 7.05 Å². The van der Waals surface area contributed by atoms with Crippen molar-refractivity contribution in [1.82, 2.24) is 14.5 Å². The molecule has 0 N–H and O–H groups in total. The lowest BCUT2D eigenvalue weighted by Gasteiger charge is -2.07. The van der Waals surface area contributed by atoms with Crippen LogP contribution in [0, 0.1) is 18.3 Å². The van der Waals surface area contributed by atoms with Gasteiger partial charge < -0.3 is 4.57 Å². The van der Waals surface area contributed by atoms with Gasteiger partial charge in [-0.2, -0.15) is 5.26 Å². The first kappa shape index (κ1) is 13.3. The summed E-state index contributed by atoms with van der Waals surface area (Å²) in [5.74, 6) is 0.844. The number of fused-ring (bicyclic) bond motifs is 1. The second-order valence-corrected chi connectivity index (χ2v) is 5.18. The Bertz CT molecular complexity index is 868. The molecule has 2 heterocycles. The molecular weight excluding hydrogens is 260 g/mol. The van der Waals surface area contributed by atoms with Crippen LogP contribution in [0.5, 0.6) is 0 Å². The van der Waals surface area contributed by atoms with E-state index in [1.807, 2.05) is 13.1 Å². The molecule has 0 saturated carbocycles. The van der Waals surface area contributed by atoms with Crippen LogP contribution >= 0.6 is 0 Å². The summed E-state index contributed by atoms with van der Waals surface area (Å²) in [7, 11) is 2.00. The van der Waals surface area contributed by atoms with E-state index in [0.717, 1.165) is 34.5 Å². The monoisotopic (exact) mass is 276 g/mol. The summed E-state index contributed by atoms with van der Waals surface area (Å²) < 4.78 is 2.06. The third-order valence-electron chi connectivity index (χ3n) is 3.72. The third-order valence-corrected chi connectivity index (χ3v) is 3.72. The van der Waals surface area contributed by atoms with Crippen LogP contribution in [-0.4, -0.2) is 14.5 Å². The standard InChI is InChI=1S/C17H16N4/c1-4-13-8-12(9-18)10-19-16(13)17-20-14-7-11(2)5-6-15(14)21(17)3/h5-8,10H,4H2,1-3H3. The zero-order valence-corrected chi connectivity index (χ0v) is 12.4. The second-order valence-electron chi connectivity index (χ2n) is 5.18. The first-order valence-corrected chi connectivity index (χ1v) is 6.96. The van der Waals surface area contributed by atoms with Gasteiger partial charge in [-0.25, -0.2) is 4.98 Å². The van der Waals surface area contributed by atoms with E-state index in [2.05, 4.69) is 47.7 Å². The average Bonchev–Trinajstić information content (AvgIpc) is 2.82. The SMILES string of the molecule is CCc1cc(C#N)cnc1-c1nc2cc(C)ccc2n1C. The van der Waals surface area contributed by atoms with E-state index in [1.165, 1.54) is 5.56 Å². The summed E-state index contributed by atoms with van der Waals surface area (Å²) in [6.45, 7) is 4.12. The molecule has 0 saturated heterocycles. The molecule has 21 heavy (non-hydrogen) atoms.